The monoisotopic (exact) mass is 652 g/mol. The van der Waals surface area contributed by atoms with Gasteiger partial charge in [-0.15, -0.1) is 0 Å². The highest BCUT2D eigenvalue weighted by Crippen LogP contribution is 2.31. The average molecular weight is 653 g/mol. The second-order valence-corrected chi connectivity index (χ2v) is 13.6. The molecule has 8 nitrogen and oxygen atoms in total. The molecule has 0 bridgehead atoms. The summed E-state index contributed by atoms with van der Waals surface area (Å²) in [5, 5.41) is 0. The van der Waals surface area contributed by atoms with Crippen LogP contribution in [0.2, 0.25) is 0 Å². The fourth-order valence-corrected chi connectivity index (χ4v) is 6.28. The fourth-order valence-electron chi connectivity index (χ4n) is 6.28. The molecule has 4 heterocycles. The topological polar surface area (TPSA) is 72.9 Å². The van der Waals surface area contributed by atoms with Crippen molar-refractivity contribution < 1.29 is 9.59 Å². The number of aromatic nitrogens is 2. The largest absolute Gasteiger partial charge is 0.326 e. The molecule has 0 radical (unpaired) electrons. The predicted octanol–water partition coefficient (Wildman–Crippen LogP) is 7.43. The molecule has 4 aromatic rings. The number of amides is 4. The summed E-state index contributed by atoms with van der Waals surface area (Å²) in [6, 6.07) is 27.4. The SMILES string of the molecule is CC(C)N1C(=O)N(c2ccc(C#Cc3ccccc3)cn2)CC1(C)C.CCN1C(=O)N(c2ccc(C#Cc3ccccc3)cn2)CC1(C)C. The number of carbonyl (C=O) groups is 2. The molecule has 2 aromatic carbocycles. The molecule has 2 saturated heterocycles. The molecule has 2 aliphatic heterocycles. The molecule has 250 valence electrons. The number of urea groups is 2. The lowest BCUT2D eigenvalue weighted by Crippen LogP contribution is -2.46. The maximum atomic E-state index is 12.7. The van der Waals surface area contributed by atoms with Crippen LogP contribution in [0.4, 0.5) is 21.2 Å². The molecule has 4 amide bonds. The van der Waals surface area contributed by atoms with Crippen molar-refractivity contribution >= 4 is 23.7 Å². The van der Waals surface area contributed by atoms with E-state index in [2.05, 4.69) is 61.3 Å². The number of anilines is 2. The van der Waals surface area contributed by atoms with Crippen LogP contribution in [0.25, 0.3) is 0 Å². The van der Waals surface area contributed by atoms with Crippen molar-refractivity contribution in [1.29, 1.82) is 0 Å². The van der Waals surface area contributed by atoms with Crippen molar-refractivity contribution in [2.75, 3.05) is 29.4 Å². The highest BCUT2D eigenvalue weighted by Gasteiger charge is 2.45. The van der Waals surface area contributed by atoms with E-state index in [1.165, 1.54) is 0 Å². The quantitative estimate of drug-likeness (QED) is 0.215. The highest BCUT2D eigenvalue weighted by molar-refractivity contribution is 5.95. The van der Waals surface area contributed by atoms with Gasteiger partial charge in [0.1, 0.15) is 11.6 Å². The number of carbonyl (C=O) groups excluding carboxylic acids is 2. The fraction of sp³-hybridized carbons (Fsp3) is 0.317. The smallest absolute Gasteiger partial charge is 0.318 e. The molecular formula is C41H44N6O2. The summed E-state index contributed by atoms with van der Waals surface area (Å²) in [5.41, 5.74) is 3.21. The maximum Gasteiger partial charge on any atom is 0.326 e. The minimum atomic E-state index is -0.210. The van der Waals surface area contributed by atoms with Crippen molar-refractivity contribution in [2.24, 2.45) is 0 Å². The van der Waals surface area contributed by atoms with Gasteiger partial charge < -0.3 is 9.80 Å². The summed E-state index contributed by atoms with van der Waals surface area (Å²) in [6.45, 7) is 16.4. The van der Waals surface area contributed by atoms with Crippen molar-refractivity contribution in [2.45, 2.75) is 65.6 Å². The van der Waals surface area contributed by atoms with Crippen LogP contribution in [0.1, 0.15) is 70.7 Å². The Bertz CT molecular complexity index is 1880. The summed E-state index contributed by atoms with van der Waals surface area (Å²) in [4.78, 5) is 41.4. The van der Waals surface area contributed by atoms with Crippen molar-refractivity contribution in [3.8, 4) is 23.7 Å². The summed E-state index contributed by atoms with van der Waals surface area (Å²) in [7, 11) is 0. The molecule has 0 atom stereocenters. The number of likely N-dealkylation sites (N-methyl/N-ethyl adjacent to an activating group) is 1. The number of hydrogen-bond donors (Lipinski definition) is 0. The van der Waals surface area contributed by atoms with Crippen molar-refractivity contribution in [3.63, 3.8) is 0 Å². The molecule has 2 aliphatic rings. The zero-order valence-electron chi connectivity index (χ0n) is 29.4. The van der Waals surface area contributed by atoms with Crippen molar-refractivity contribution in [3.05, 3.63) is 120 Å². The maximum absolute atomic E-state index is 12.7. The van der Waals surface area contributed by atoms with Gasteiger partial charge in [-0.1, -0.05) is 60.1 Å². The first-order chi connectivity index (χ1) is 23.4. The summed E-state index contributed by atoms with van der Waals surface area (Å²) in [6.07, 6.45) is 3.45. The molecule has 6 rings (SSSR count). The molecule has 0 N–H and O–H groups in total. The van der Waals surface area contributed by atoms with Gasteiger partial charge in [-0.25, -0.2) is 19.6 Å². The lowest BCUT2D eigenvalue weighted by molar-refractivity contribution is 0.152. The van der Waals surface area contributed by atoms with Crippen LogP contribution in [0.5, 0.6) is 0 Å². The minimum absolute atomic E-state index is 0.00983. The first-order valence-electron chi connectivity index (χ1n) is 16.7. The molecule has 2 aromatic heterocycles. The normalized spacial score (nSPS) is 16.1. The van der Waals surface area contributed by atoms with Gasteiger partial charge >= 0.3 is 12.1 Å². The van der Waals surface area contributed by atoms with Gasteiger partial charge in [0.05, 0.1) is 24.2 Å². The van der Waals surface area contributed by atoms with Gasteiger partial charge in [0.15, 0.2) is 0 Å². The molecule has 49 heavy (non-hydrogen) atoms. The summed E-state index contributed by atoms with van der Waals surface area (Å²) < 4.78 is 0. The number of nitrogens with zero attached hydrogens (tertiary/aromatic N) is 6. The zero-order chi connectivity index (χ0) is 35.2. The minimum Gasteiger partial charge on any atom is -0.318 e. The molecular weight excluding hydrogens is 608 g/mol. The molecule has 2 fully saturated rings. The first-order valence-corrected chi connectivity index (χ1v) is 16.7. The number of benzene rings is 2. The third kappa shape index (κ3) is 8.11. The Labute approximate surface area is 290 Å². The molecule has 0 saturated carbocycles. The van der Waals surface area contributed by atoms with E-state index >= 15 is 0 Å². The van der Waals surface area contributed by atoms with E-state index in [-0.39, 0.29) is 29.2 Å². The van der Waals surface area contributed by atoms with Crippen LogP contribution in [0.3, 0.4) is 0 Å². The number of rotatable bonds is 4. The van der Waals surface area contributed by atoms with Gasteiger partial charge in [0, 0.05) is 47.2 Å². The third-order valence-electron chi connectivity index (χ3n) is 8.50. The standard InChI is InChI=1S/C21H23N3O.C20H21N3O/c1-16(2)24-20(25)23(15-21(24,3)4)19-13-12-18(14-22-19)11-10-17-8-6-5-7-9-17;1-4-23-19(24)22(15-20(23,2)3)18-13-12-17(14-21-18)11-10-16-8-6-5-7-9-16/h5-9,12-14,16H,15H2,1-4H3;5-9,12-14H,4,15H2,1-3H3. The van der Waals surface area contributed by atoms with E-state index in [0.29, 0.717) is 31.3 Å². The van der Waals surface area contributed by atoms with Gasteiger partial charge in [0.2, 0.25) is 0 Å². The Balaban J connectivity index is 0.000000191. The van der Waals surface area contributed by atoms with Crippen LogP contribution >= 0.6 is 0 Å². The zero-order valence-corrected chi connectivity index (χ0v) is 29.4. The van der Waals surface area contributed by atoms with Crippen LogP contribution in [-0.4, -0.2) is 68.6 Å². The number of hydrogen-bond acceptors (Lipinski definition) is 4. The Morgan fingerprint density at radius 1 is 0.612 bits per heavy atom. The first kappa shape index (κ1) is 34.7. The summed E-state index contributed by atoms with van der Waals surface area (Å²) >= 11 is 0. The Hall–Kier alpha value is -5.60. The second-order valence-electron chi connectivity index (χ2n) is 13.6. The Kier molecular flexibility index (Phi) is 10.4. The highest BCUT2D eigenvalue weighted by atomic mass is 16.2. The summed E-state index contributed by atoms with van der Waals surface area (Å²) in [5.74, 6) is 13.8. The van der Waals surface area contributed by atoms with Gasteiger partial charge in [-0.2, -0.15) is 0 Å². The Morgan fingerprint density at radius 3 is 1.41 bits per heavy atom. The van der Waals surface area contributed by atoms with Gasteiger partial charge in [-0.05, 0) is 97.0 Å². The Morgan fingerprint density at radius 2 is 1.04 bits per heavy atom. The lowest BCUT2D eigenvalue weighted by Gasteiger charge is -2.32. The second kappa shape index (κ2) is 14.7. The molecule has 8 heteroatoms. The van der Waals surface area contributed by atoms with Crippen molar-refractivity contribution in [1.82, 2.24) is 19.8 Å². The van der Waals surface area contributed by atoms with Gasteiger partial charge in [-0.3, -0.25) is 9.80 Å². The number of pyridine rings is 2. The van der Waals surface area contributed by atoms with Crippen LogP contribution in [0, 0.1) is 23.7 Å². The van der Waals surface area contributed by atoms with E-state index in [1.807, 2.05) is 116 Å². The lowest BCUT2D eigenvalue weighted by atomic mass is 10.0. The molecule has 0 spiro atoms. The van der Waals surface area contributed by atoms with Crippen LogP contribution in [-0.2, 0) is 0 Å². The van der Waals surface area contributed by atoms with Crippen LogP contribution < -0.4 is 9.80 Å². The average Bonchev–Trinajstić information content (AvgIpc) is 3.49. The van der Waals surface area contributed by atoms with E-state index in [4.69, 9.17) is 0 Å². The van der Waals surface area contributed by atoms with Crippen LogP contribution in [0.15, 0.2) is 97.3 Å². The predicted molar refractivity (Wildman–Crippen MR) is 196 cm³/mol. The van der Waals surface area contributed by atoms with E-state index in [1.54, 1.807) is 22.2 Å². The van der Waals surface area contributed by atoms with E-state index in [0.717, 1.165) is 22.3 Å². The van der Waals surface area contributed by atoms with Gasteiger partial charge in [0.25, 0.3) is 0 Å². The molecule has 0 unspecified atom stereocenters. The molecule has 0 aliphatic carbocycles. The van der Waals surface area contributed by atoms with E-state index in [9.17, 15) is 9.59 Å². The van der Waals surface area contributed by atoms with E-state index < -0.39 is 0 Å². The third-order valence-corrected chi connectivity index (χ3v) is 8.50.